The minimum Gasteiger partial charge on any atom is -0.504 e. The first-order valence-electron chi connectivity index (χ1n) is 9.12. The number of thiazole rings is 1. The van der Waals surface area contributed by atoms with E-state index in [1.807, 2.05) is 12.1 Å². The molecule has 0 amide bonds. The monoisotopic (exact) mass is 373 g/mol. The van der Waals surface area contributed by atoms with Gasteiger partial charge in [0.05, 0.1) is 12.8 Å². The summed E-state index contributed by atoms with van der Waals surface area (Å²) in [6, 6.07) is 5.95. The van der Waals surface area contributed by atoms with E-state index in [4.69, 9.17) is 10.5 Å². The Hall–Kier alpha value is -2.05. The van der Waals surface area contributed by atoms with Crippen molar-refractivity contribution in [3.8, 4) is 11.5 Å². The molecule has 0 aliphatic heterocycles. The molecule has 3 rings (SSSR count). The van der Waals surface area contributed by atoms with Crippen molar-refractivity contribution in [1.29, 1.82) is 0 Å². The van der Waals surface area contributed by atoms with Crippen molar-refractivity contribution >= 4 is 22.5 Å². The maximum absolute atomic E-state index is 9.70. The molecule has 1 atom stereocenters. The van der Waals surface area contributed by atoms with E-state index in [0.29, 0.717) is 16.9 Å². The number of aromatic nitrogens is 1. The van der Waals surface area contributed by atoms with E-state index in [1.54, 1.807) is 24.5 Å². The Morgan fingerprint density at radius 2 is 2.31 bits per heavy atom. The van der Waals surface area contributed by atoms with E-state index in [9.17, 15) is 5.11 Å². The molecule has 0 saturated carbocycles. The number of anilines is 1. The van der Waals surface area contributed by atoms with Crippen LogP contribution in [0.15, 0.2) is 24.3 Å². The molecule has 26 heavy (non-hydrogen) atoms. The molecule has 1 aliphatic rings. The number of ether oxygens (including phenoxy) is 1. The van der Waals surface area contributed by atoms with Crippen LogP contribution in [0.3, 0.4) is 0 Å². The van der Waals surface area contributed by atoms with Crippen molar-refractivity contribution in [2.24, 2.45) is 0 Å². The highest BCUT2D eigenvalue weighted by molar-refractivity contribution is 7.15. The molecular weight excluding hydrogens is 346 g/mol. The molecule has 0 saturated heterocycles. The fraction of sp³-hybridized carbons (Fsp3) is 0.450. The second kappa shape index (κ2) is 8.56. The fourth-order valence-electron chi connectivity index (χ4n) is 3.52. The Morgan fingerprint density at radius 3 is 3.08 bits per heavy atom. The van der Waals surface area contributed by atoms with E-state index in [2.05, 4.69) is 29.0 Å². The largest absolute Gasteiger partial charge is 0.504 e. The van der Waals surface area contributed by atoms with Crippen molar-refractivity contribution < 1.29 is 9.84 Å². The summed E-state index contributed by atoms with van der Waals surface area (Å²) in [4.78, 5) is 8.35. The van der Waals surface area contributed by atoms with Gasteiger partial charge in [-0.05, 0) is 49.9 Å². The van der Waals surface area contributed by atoms with Gasteiger partial charge in [-0.15, -0.1) is 11.3 Å². The van der Waals surface area contributed by atoms with Crippen LogP contribution in [0.1, 0.15) is 35.9 Å². The van der Waals surface area contributed by atoms with Crippen molar-refractivity contribution in [3.05, 3.63) is 40.4 Å². The Kier molecular flexibility index (Phi) is 6.16. The van der Waals surface area contributed by atoms with Crippen LogP contribution < -0.4 is 10.5 Å². The van der Waals surface area contributed by atoms with Crippen molar-refractivity contribution in [2.75, 3.05) is 25.9 Å². The first-order chi connectivity index (χ1) is 12.6. The molecule has 1 aromatic carbocycles. The van der Waals surface area contributed by atoms with E-state index in [0.717, 1.165) is 44.3 Å². The van der Waals surface area contributed by atoms with Crippen molar-refractivity contribution in [1.82, 2.24) is 9.88 Å². The number of fused-ring (bicyclic) bond motifs is 1. The lowest BCUT2D eigenvalue weighted by Crippen LogP contribution is -2.39. The summed E-state index contributed by atoms with van der Waals surface area (Å²) < 4.78 is 5.17. The number of phenolic OH excluding ortho intramolecular Hbond substituents is 1. The van der Waals surface area contributed by atoms with Gasteiger partial charge in [0.15, 0.2) is 16.6 Å². The van der Waals surface area contributed by atoms with Gasteiger partial charge in [-0.2, -0.15) is 0 Å². The number of hydrogen-bond acceptors (Lipinski definition) is 6. The van der Waals surface area contributed by atoms with Gasteiger partial charge < -0.3 is 15.6 Å². The number of phenols is 1. The number of aryl methyl sites for hydroxylation is 1. The molecule has 0 bridgehead atoms. The molecule has 3 N–H and O–H groups in total. The maximum atomic E-state index is 9.70. The number of rotatable bonds is 7. The third-order valence-corrected chi connectivity index (χ3v) is 5.76. The highest BCUT2D eigenvalue weighted by Crippen LogP contribution is 2.30. The topological polar surface area (TPSA) is 71.6 Å². The molecule has 6 heteroatoms. The molecule has 1 unspecified atom stereocenters. The Balaban J connectivity index is 1.65. The summed E-state index contributed by atoms with van der Waals surface area (Å²) >= 11 is 1.64. The molecule has 1 aromatic heterocycles. The van der Waals surface area contributed by atoms with Gasteiger partial charge in [0.1, 0.15) is 0 Å². The zero-order chi connectivity index (χ0) is 18.5. The SMILES string of the molecule is CCCN(CC=Cc1ccc(O)c(OC)c1)C1CCc2nc(N)sc2C1. The molecule has 0 fully saturated rings. The summed E-state index contributed by atoms with van der Waals surface area (Å²) in [7, 11) is 1.56. The molecular formula is C20H27N3O2S. The number of benzene rings is 1. The van der Waals surface area contributed by atoms with E-state index in [1.165, 1.54) is 10.6 Å². The number of aromatic hydroxyl groups is 1. The molecule has 140 valence electrons. The first kappa shape index (κ1) is 18.7. The number of nitrogen functional groups attached to an aromatic ring is 1. The van der Waals surface area contributed by atoms with Gasteiger partial charge in [-0.25, -0.2) is 4.98 Å². The summed E-state index contributed by atoms with van der Waals surface area (Å²) in [6.07, 6.45) is 8.62. The third-order valence-electron chi connectivity index (χ3n) is 4.81. The predicted molar refractivity (Wildman–Crippen MR) is 108 cm³/mol. The van der Waals surface area contributed by atoms with Crippen LogP contribution in [-0.2, 0) is 12.8 Å². The van der Waals surface area contributed by atoms with Gasteiger partial charge in [0, 0.05) is 17.5 Å². The molecule has 1 heterocycles. The van der Waals surface area contributed by atoms with Gasteiger partial charge in [0.25, 0.3) is 0 Å². The molecule has 1 aliphatic carbocycles. The van der Waals surface area contributed by atoms with Gasteiger partial charge >= 0.3 is 0 Å². The first-order valence-corrected chi connectivity index (χ1v) is 9.94. The summed E-state index contributed by atoms with van der Waals surface area (Å²) in [5, 5.41) is 10.4. The smallest absolute Gasteiger partial charge is 0.180 e. The van der Waals surface area contributed by atoms with Crippen LogP contribution in [-0.4, -0.2) is 41.2 Å². The quantitative estimate of drug-likeness (QED) is 0.774. The highest BCUT2D eigenvalue weighted by Gasteiger charge is 2.25. The third kappa shape index (κ3) is 4.37. The van der Waals surface area contributed by atoms with Crippen LogP contribution >= 0.6 is 11.3 Å². The number of nitrogens with zero attached hydrogens (tertiary/aromatic N) is 2. The fourth-order valence-corrected chi connectivity index (χ4v) is 4.47. The molecule has 0 radical (unpaired) electrons. The summed E-state index contributed by atoms with van der Waals surface area (Å²) in [5.41, 5.74) is 8.10. The predicted octanol–water partition coefficient (Wildman–Crippen LogP) is 3.72. The van der Waals surface area contributed by atoms with E-state index >= 15 is 0 Å². The maximum Gasteiger partial charge on any atom is 0.180 e. The van der Waals surface area contributed by atoms with Crippen LogP contribution in [0.4, 0.5) is 5.13 Å². The zero-order valence-corrected chi connectivity index (χ0v) is 16.3. The Morgan fingerprint density at radius 1 is 1.46 bits per heavy atom. The number of methoxy groups -OCH3 is 1. The normalized spacial score (nSPS) is 17.0. The number of nitrogens with two attached hydrogens (primary N) is 1. The van der Waals surface area contributed by atoms with Gasteiger partial charge in [0.2, 0.25) is 0 Å². The zero-order valence-electron chi connectivity index (χ0n) is 15.4. The second-order valence-corrected chi connectivity index (χ2v) is 7.76. The van der Waals surface area contributed by atoms with Crippen LogP contribution in [0.25, 0.3) is 6.08 Å². The molecule has 5 nitrogen and oxygen atoms in total. The Bertz CT molecular complexity index is 772. The van der Waals surface area contributed by atoms with E-state index in [-0.39, 0.29) is 5.75 Å². The van der Waals surface area contributed by atoms with Crippen molar-refractivity contribution in [2.45, 2.75) is 38.6 Å². The van der Waals surface area contributed by atoms with Crippen LogP contribution in [0.5, 0.6) is 11.5 Å². The Labute approximate surface area is 159 Å². The minimum absolute atomic E-state index is 0.166. The lowest BCUT2D eigenvalue weighted by atomic mass is 9.96. The van der Waals surface area contributed by atoms with Gasteiger partial charge in [-0.3, -0.25) is 4.90 Å². The average molecular weight is 374 g/mol. The lowest BCUT2D eigenvalue weighted by Gasteiger charge is -2.33. The molecule has 2 aromatic rings. The standard InChI is InChI=1S/C20H27N3O2S/c1-3-10-23(15-7-8-16-19(13-15)26-20(21)22-16)11-4-5-14-6-9-17(24)18(12-14)25-2/h4-6,9,12,15,24H,3,7-8,10-11,13H2,1-2H3,(H2,21,22). The lowest BCUT2D eigenvalue weighted by molar-refractivity contribution is 0.200. The number of hydrogen-bond donors (Lipinski definition) is 2. The second-order valence-electron chi connectivity index (χ2n) is 6.65. The minimum atomic E-state index is 0.166. The van der Waals surface area contributed by atoms with Crippen LogP contribution in [0.2, 0.25) is 0 Å². The summed E-state index contributed by atoms with van der Waals surface area (Å²) in [6.45, 7) is 4.21. The highest BCUT2D eigenvalue weighted by atomic mass is 32.1. The van der Waals surface area contributed by atoms with E-state index < -0.39 is 0 Å². The molecule has 0 spiro atoms. The van der Waals surface area contributed by atoms with Crippen molar-refractivity contribution in [3.63, 3.8) is 0 Å². The average Bonchev–Trinajstić information content (AvgIpc) is 3.01. The summed E-state index contributed by atoms with van der Waals surface area (Å²) in [5.74, 6) is 0.666. The van der Waals surface area contributed by atoms with Crippen LogP contribution in [0, 0.1) is 0 Å². The van der Waals surface area contributed by atoms with Gasteiger partial charge in [-0.1, -0.05) is 25.1 Å².